The molecule has 0 saturated heterocycles. The van der Waals surface area contributed by atoms with E-state index in [-0.39, 0.29) is 5.92 Å². The number of rotatable bonds is 4. The van der Waals surface area contributed by atoms with E-state index in [1.807, 2.05) is 12.1 Å². The third kappa shape index (κ3) is 2.71. The first kappa shape index (κ1) is 13.6. The molecule has 0 N–H and O–H groups in total. The summed E-state index contributed by atoms with van der Waals surface area (Å²) in [4.78, 5) is 13.8. The van der Waals surface area contributed by atoms with E-state index in [4.69, 9.17) is 0 Å². The third-order valence-corrected chi connectivity index (χ3v) is 5.41. The van der Waals surface area contributed by atoms with E-state index in [1.54, 1.807) is 11.3 Å². The maximum atomic E-state index is 12.5. The number of benzene rings is 1. The van der Waals surface area contributed by atoms with Crippen LogP contribution in [0.4, 0.5) is 0 Å². The van der Waals surface area contributed by atoms with Crippen molar-refractivity contribution in [3.05, 3.63) is 47.3 Å². The Labute approximate surface area is 124 Å². The van der Waals surface area contributed by atoms with Gasteiger partial charge in [-0.3, -0.25) is 4.79 Å². The van der Waals surface area contributed by atoms with Crippen LogP contribution in [0.25, 0.3) is 10.4 Å². The first-order valence-electron chi connectivity index (χ1n) is 7.44. The second-order valence-corrected chi connectivity index (χ2v) is 6.70. The number of thiophene rings is 1. The van der Waals surface area contributed by atoms with Gasteiger partial charge >= 0.3 is 0 Å². The lowest BCUT2D eigenvalue weighted by molar-refractivity contribution is 0.0888. The number of carbonyl (C=O) groups excluding carboxylic acids is 1. The Hall–Kier alpha value is -1.41. The Morgan fingerprint density at radius 2 is 1.85 bits per heavy atom. The lowest BCUT2D eigenvalue weighted by Crippen LogP contribution is -2.19. The zero-order chi connectivity index (χ0) is 13.9. The average Bonchev–Trinajstić information content (AvgIpc) is 3.18. The first-order chi connectivity index (χ1) is 9.75. The lowest BCUT2D eigenvalue weighted by atomic mass is 9.86. The fourth-order valence-corrected chi connectivity index (χ4v) is 3.91. The summed E-state index contributed by atoms with van der Waals surface area (Å²) < 4.78 is 0. The van der Waals surface area contributed by atoms with Crippen LogP contribution in [0.5, 0.6) is 0 Å². The highest BCUT2D eigenvalue weighted by atomic mass is 32.1. The smallest absolute Gasteiger partial charge is 0.165 e. The molecular formula is C18H20OS. The van der Waals surface area contributed by atoms with Crippen molar-refractivity contribution >= 4 is 17.1 Å². The van der Waals surface area contributed by atoms with Crippen LogP contribution in [0.1, 0.15) is 43.0 Å². The molecule has 1 heterocycles. The quantitative estimate of drug-likeness (QED) is 0.685. The van der Waals surface area contributed by atoms with Crippen LogP contribution in [-0.2, 0) is 0 Å². The van der Waals surface area contributed by atoms with E-state index in [0.717, 1.165) is 5.56 Å². The van der Waals surface area contributed by atoms with E-state index in [9.17, 15) is 4.79 Å². The SMILES string of the molecule is CC(C(=O)c1ccc(-c2cccs2)cc1)C1CCCC1. The van der Waals surface area contributed by atoms with Crippen molar-refractivity contribution < 1.29 is 4.79 Å². The van der Waals surface area contributed by atoms with Crippen LogP contribution in [0, 0.1) is 11.8 Å². The molecular weight excluding hydrogens is 264 g/mol. The summed E-state index contributed by atoms with van der Waals surface area (Å²) in [5.41, 5.74) is 2.06. The number of Topliss-reactive ketones (excluding diaryl/α,β-unsaturated/α-hetero) is 1. The van der Waals surface area contributed by atoms with Gasteiger partial charge < -0.3 is 0 Å². The van der Waals surface area contributed by atoms with Crippen LogP contribution in [0.15, 0.2) is 41.8 Å². The molecule has 104 valence electrons. The number of ketones is 1. The molecule has 1 aromatic carbocycles. The Bertz CT molecular complexity index is 562. The van der Waals surface area contributed by atoms with Crippen LogP contribution >= 0.6 is 11.3 Å². The van der Waals surface area contributed by atoms with E-state index in [1.165, 1.54) is 36.1 Å². The van der Waals surface area contributed by atoms with Crippen LogP contribution in [-0.4, -0.2) is 5.78 Å². The molecule has 0 amide bonds. The van der Waals surface area contributed by atoms with Crippen molar-refractivity contribution in [1.82, 2.24) is 0 Å². The van der Waals surface area contributed by atoms with Gasteiger partial charge in [-0.25, -0.2) is 0 Å². The molecule has 1 saturated carbocycles. The Kier molecular flexibility index (Phi) is 4.02. The normalized spacial score (nSPS) is 17.2. The van der Waals surface area contributed by atoms with Gasteiger partial charge in [-0.1, -0.05) is 50.1 Å². The summed E-state index contributed by atoms with van der Waals surface area (Å²) in [5, 5.41) is 2.08. The molecule has 2 heteroatoms. The summed E-state index contributed by atoms with van der Waals surface area (Å²) in [6, 6.07) is 12.3. The molecule has 20 heavy (non-hydrogen) atoms. The van der Waals surface area contributed by atoms with E-state index in [2.05, 4.69) is 36.6 Å². The van der Waals surface area contributed by atoms with E-state index < -0.39 is 0 Å². The fourth-order valence-electron chi connectivity index (χ4n) is 3.18. The van der Waals surface area contributed by atoms with Crippen LogP contribution in [0.2, 0.25) is 0 Å². The van der Waals surface area contributed by atoms with Gasteiger partial charge in [-0.05, 0) is 35.8 Å². The predicted octanol–water partition coefficient (Wildman–Crippen LogP) is 5.42. The third-order valence-electron chi connectivity index (χ3n) is 4.50. The number of hydrogen-bond donors (Lipinski definition) is 0. The molecule has 1 aliphatic carbocycles. The Morgan fingerprint density at radius 1 is 1.15 bits per heavy atom. The van der Waals surface area contributed by atoms with E-state index >= 15 is 0 Å². The molecule has 0 bridgehead atoms. The number of hydrogen-bond acceptors (Lipinski definition) is 2. The molecule has 1 aliphatic rings. The predicted molar refractivity (Wildman–Crippen MR) is 85.2 cm³/mol. The second kappa shape index (κ2) is 5.92. The van der Waals surface area contributed by atoms with Crippen molar-refractivity contribution in [1.29, 1.82) is 0 Å². The van der Waals surface area contributed by atoms with E-state index in [0.29, 0.717) is 11.7 Å². The zero-order valence-corrected chi connectivity index (χ0v) is 12.7. The largest absolute Gasteiger partial charge is 0.294 e. The molecule has 2 aromatic rings. The fraction of sp³-hybridized carbons (Fsp3) is 0.389. The van der Waals surface area contributed by atoms with Gasteiger partial charge in [-0.15, -0.1) is 11.3 Å². The average molecular weight is 284 g/mol. The van der Waals surface area contributed by atoms with Gasteiger partial charge in [0.2, 0.25) is 0 Å². The summed E-state index contributed by atoms with van der Waals surface area (Å²) >= 11 is 1.73. The van der Waals surface area contributed by atoms with Gasteiger partial charge in [-0.2, -0.15) is 0 Å². The minimum Gasteiger partial charge on any atom is -0.294 e. The molecule has 1 nitrogen and oxygen atoms in total. The molecule has 1 aromatic heterocycles. The topological polar surface area (TPSA) is 17.1 Å². The highest BCUT2D eigenvalue weighted by Crippen LogP contribution is 2.33. The first-order valence-corrected chi connectivity index (χ1v) is 8.32. The van der Waals surface area contributed by atoms with Gasteiger partial charge in [0.25, 0.3) is 0 Å². The van der Waals surface area contributed by atoms with Gasteiger partial charge in [0.15, 0.2) is 5.78 Å². The Balaban J connectivity index is 1.75. The molecule has 1 unspecified atom stereocenters. The molecule has 1 atom stereocenters. The highest BCUT2D eigenvalue weighted by molar-refractivity contribution is 7.13. The van der Waals surface area contributed by atoms with Gasteiger partial charge in [0.05, 0.1) is 0 Å². The number of carbonyl (C=O) groups is 1. The summed E-state index contributed by atoms with van der Waals surface area (Å²) in [6.07, 6.45) is 5.03. The van der Waals surface area contributed by atoms with Gasteiger partial charge in [0.1, 0.15) is 0 Å². The summed E-state index contributed by atoms with van der Waals surface area (Å²) in [6.45, 7) is 2.10. The van der Waals surface area contributed by atoms with Crippen molar-refractivity contribution in [3.63, 3.8) is 0 Å². The molecule has 0 radical (unpaired) electrons. The minimum absolute atomic E-state index is 0.171. The summed E-state index contributed by atoms with van der Waals surface area (Å²) in [5.74, 6) is 1.08. The van der Waals surface area contributed by atoms with Crippen molar-refractivity contribution in [2.75, 3.05) is 0 Å². The van der Waals surface area contributed by atoms with Crippen molar-refractivity contribution in [3.8, 4) is 10.4 Å². The molecule has 0 spiro atoms. The maximum absolute atomic E-state index is 12.5. The molecule has 0 aliphatic heterocycles. The van der Waals surface area contributed by atoms with Gasteiger partial charge in [0, 0.05) is 16.4 Å². The second-order valence-electron chi connectivity index (χ2n) is 5.75. The molecule has 3 rings (SSSR count). The monoisotopic (exact) mass is 284 g/mol. The lowest BCUT2D eigenvalue weighted by Gasteiger charge is -2.17. The van der Waals surface area contributed by atoms with Crippen molar-refractivity contribution in [2.45, 2.75) is 32.6 Å². The van der Waals surface area contributed by atoms with Crippen LogP contribution in [0.3, 0.4) is 0 Å². The maximum Gasteiger partial charge on any atom is 0.165 e. The van der Waals surface area contributed by atoms with Crippen LogP contribution < -0.4 is 0 Å². The standard InChI is InChI=1S/C18H20OS/c1-13(14-5-2-3-6-14)18(19)16-10-8-15(9-11-16)17-7-4-12-20-17/h4,7-14H,2-3,5-6H2,1H3. The minimum atomic E-state index is 0.171. The Morgan fingerprint density at radius 3 is 2.45 bits per heavy atom. The summed E-state index contributed by atoms with van der Waals surface area (Å²) in [7, 11) is 0. The highest BCUT2D eigenvalue weighted by Gasteiger charge is 2.27. The zero-order valence-electron chi connectivity index (χ0n) is 11.8. The van der Waals surface area contributed by atoms with Crippen molar-refractivity contribution in [2.24, 2.45) is 11.8 Å². The molecule has 1 fully saturated rings.